The van der Waals surface area contributed by atoms with E-state index in [0.717, 1.165) is 12.8 Å². The van der Waals surface area contributed by atoms with Gasteiger partial charge in [0.05, 0.1) is 29.4 Å². The maximum atomic E-state index is 12.7. The summed E-state index contributed by atoms with van der Waals surface area (Å²) < 4.78 is 4.99. The van der Waals surface area contributed by atoms with Gasteiger partial charge in [0.2, 0.25) is 11.8 Å². The molecule has 0 unspecified atom stereocenters. The Morgan fingerprint density at radius 1 is 1.38 bits per heavy atom. The van der Waals surface area contributed by atoms with Crippen LogP contribution in [-0.2, 0) is 4.79 Å². The number of methoxy groups -OCH3 is 1. The molecule has 1 rings (SSSR count). The number of hydrogen-bond donors (Lipinski definition) is 2. The van der Waals surface area contributed by atoms with Crippen LogP contribution in [0.15, 0.2) is 18.3 Å². The number of thiocarbonyl (C=S) groups is 1. The van der Waals surface area contributed by atoms with Crippen molar-refractivity contribution in [3.05, 3.63) is 18.3 Å². The lowest BCUT2D eigenvalue weighted by Gasteiger charge is -2.31. The van der Waals surface area contributed by atoms with Gasteiger partial charge in [-0.2, -0.15) is 0 Å². The third-order valence-electron chi connectivity index (χ3n) is 3.46. The fraction of sp³-hybridized carbons (Fsp3) is 0.533. The van der Waals surface area contributed by atoms with Crippen LogP contribution in [0.2, 0.25) is 0 Å². The van der Waals surface area contributed by atoms with Gasteiger partial charge in [-0.3, -0.25) is 4.79 Å². The van der Waals surface area contributed by atoms with Crippen molar-refractivity contribution < 1.29 is 9.53 Å². The molecule has 0 aromatic carbocycles. The average molecular weight is 309 g/mol. The molecule has 0 saturated heterocycles. The summed E-state index contributed by atoms with van der Waals surface area (Å²) in [5, 5.41) is 2.86. The Morgan fingerprint density at radius 2 is 2.00 bits per heavy atom. The van der Waals surface area contributed by atoms with E-state index in [9.17, 15) is 4.79 Å². The lowest BCUT2D eigenvalue weighted by Crippen LogP contribution is -2.46. The quantitative estimate of drug-likeness (QED) is 0.722. The number of pyridine rings is 1. The minimum absolute atomic E-state index is 0.161. The van der Waals surface area contributed by atoms with Gasteiger partial charge in [-0.1, -0.05) is 38.9 Å². The first-order valence-corrected chi connectivity index (χ1v) is 7.52. The van der Waals surface area contributed by atoms with E-state index in [1.165, 1.54) is 0 Å². The molecule has 6 heteroatoms. The number of carbonyl (C=O) groups is 1. The highest BCUT2D eigenvalue weighted by Gasteiger charge is 2.39. The minimum atomic E-state index is -0.793. The van der Waals surface area contributed by atoms with E-state index in [1.807, 2.05) is 13.8 Å². The van der Waals surface area contributed by atoms with Gasteiger partial charge in [0.25, 0.3) is 0 Å². The molecular formula is C15H23N3O2S. The molecule has 3 N–H and O–H groups in total. The number of aromatic nitrogens is 1. The van der Waals surface area contributed by atoms with Crippen molar-refractivity contribution in [1.82, 2.24) is 4.98 Å². The molecule has 0 saturated carbocycles. The molecule has 0 aliphatic carbocycles. The zero-order chi connectivity index (χ0) is 15.9. The molecule has 5 nitrogen and oxygen atoms in total. The van der Waals surface area contributed by atoms with Gasteiger partial charge >= 0.3 is 0 Å². The predicted molar refractivity (Wildman–Crippen MR) is 88.5 cm³/mol. The van der Waals surface area contributed by atoms with Gasteiger partial charge in [0.1, 0.15) is 0 Å². The lowest BCUT2D eigenvalue weighted by molar-refractivity contribution is -0.122. The number of nitrogens with two attached hydrogens (primary N) is 1. The second-order valence-corrected chi connectivity index (χ2v) is 5.43. The topological polar surface area (TPSA) is 77.2 Å². The number of nitrogens with one attached hydrogen (secondary N) is 1. The maximum absolute atomic E-state index is 12.7. The Hall–Kier alpha value is -1.69. The van der Waals surface area contributed by atoms with E-state index in [4.69, 9.17) is 22.7 Å². The highest BCUT2D eigenvalue weighted by Crippen LogP contribution is 2.32. The summed E-state index contributed by atoms with van der Waals surface area (Å²) in [5.74, 6) is 0.335. The van der Waals surface area contributed by atoms with Gasteiger partial charge in [-0.15, -0.1) is 0 Å². The molecule has 0 aliphatic heterocycles. The number of nitrogens with zero attached hydrogens (tertiary/aromatic N) is 1. The standard InChI is InChI=1S/C15H23N3O2S/c1-4-8-15(9-5-2,13(16)21)14(19)18-11-6-7-12(20-3)17-10-11/h6-7,10H,4-5,8-9H2,1-3H3,(H2,16,21)(H,18,19). The summed E-state index contributed by atoms with van der Waals surface area (Å²) in [5.41, 5.74) is 5.69. The molecule has 1 aromatic heterocycles. The normalized spacial score (nSPS) is 11.0. The Balaban J connectivity index is 2.96. The van der Waals surface area contributed by atoms with Gasteiger partial charge < -0.3 is 15.8 Å². The second-order valence-electron chi connectivity index (χ2n) is 4.99. The summed E-state index contributed by atoms with van der Waals surface area (Å²) in [7, 11) is 1.54. The molecule has 0 spiro atoms. The Morgan fingerprint density at radius 3 is 2.38 bits per heavy atom. The van der Waals surface area contributed by atoms with Crippen LogP contribution in [0.4, 0.5) is 5.69 Å². The fourth-order valence-corrected chi connectivity index (χ4v) is 2.69. The van der Waals surface area contributed by atoms with Gasteiger partial charge in [0.15, 0.2) is 0 Å². The van der Waals surface area contributed by atoms with Gasteiger partial charge in [-0.05, 0) is 18.9 Å². The first-order chi connectivity index (χ1) is 10.00. The molecule has 1 amide bonds. The third-order valence-corrected chi connectivity index (χ3v) is 3.85. The van der Waals surface area contributed by atoms with Crippen LogP contribution in [0.25, 0.3) is 0 Å². The third kappa shape index (κ3) is 4.14. The van der Waals surface area contributed by atoms with Crippen LogP contribution in [0.5, 0.6) is 5.88 Å². The second kappa shape index (κ2) is 7.93. The van der Waals surface area contributed by atoms with Gasteiger partial charge in [0, 0.05) is 6.07 Å². The SMILES string of the molecule is CCCC(CCC)(C(=O)Nc1ccc(OC)nc1)C(N)=S. The van der Waals surface area contributed by atoms with Crippen LogP contribution in [0.1, 0.15) is 39.5 Å². The average Bonchev–Trinajstić information content (AvgIpc) is 2.47. The number of rotatable bonds is 8. The predicted octanol–water partition coefficient (Wildman–Crippen LogP) is 2.90. The Labute approximate surface area is 131 Å². The molecule has 0 fully saturated rings. The van der Waals surface area contributed by atoms with E-state index in [1.54, 1.807) is 25.4 Å². The van der Waals surface area contributed by atoms with Crippen LogP contribution in [-0.4, -0.2) is 23.0 Å². The number of carbonyl (C=O) groups excluding carboxylic acids is 1. The van der Waals surface area contributed by atoms with Crippen molar-refractivity contribution in [1.29, 1.82) is 0 Å². The smallest absolute Gasteiger partial charge is 0.237 e. The van der Waals surface area contributed by atoms with E-state index < -0.39 is 5.41 Å². The molecule has 0 bridgehead atoms. The molecule has 21 heavy (non-hydrogen) atoms. The molecule has 0 atom stereocenters. The summed E-state index contributed by atoms with van der Waals surface area (Å²) in [6, 6.07) is 3.43. The van der Waals surface area contributed by atoms with E-state index >= 15 is 0 Å². The first kappa shape index (κ1) is 17.4. The van der Waals surface area contributed by atoms with E-state index in [0.29, 0.717) is 24.4 Å². The van der Waals surface area contributed by atoms with Crippen molar-refractivity contribution in [3.8, 4) is 5.88 Å². The molecule has 116 valence electrons. The van der Waals surface area contributed by atoms with Crippen LogP contribution < -0.4 is 15.8 Å². The minimum Gasteiger partial charge on any atom is -0.481 e. The zero-order valence-electron chi connectivity index (χ0n) is 12.8. The van der Waals surface area contributed by atoms with Crippen molar-refractivity contribution in [3.63, 3.8) is 0 Å². The van der Waals surface area contributed by atoms with Crippen molar-refractivity contribution in [2.45, 2.75) is 39.5 Å². The van der Waals surface area contributed by atoms with Crippen molar-refractivity contribution in [2.24, 2.45) is 11.1 Å². The van der Waals surface area contributed by atoms with Crippen LogP contribution in [0.3, 0.4) is 0 Å². The summed E-state index contributed by atoms with van der Waals surface area (Å²) in [4.78, 5) is 17.0. The number of hydrogen-bond acceptors (Lipinski definition) is 4. The maximum Gasteiger partial charge on any atom is 0.237 e. The largest absolute Gasteiger partial charge is 0.481 e. The molecular weight excluding hydrogens is 286 g/mol. The van der Waals surface area contributed by atoms with Crippen molar-refractivity contribution >= 4 is 28.8 Å². The molecule has 1 aromatic rings. The number of anilines is 1. The summed E-state index contributed by atoms with van der Waals surface area (Å²) in [6.07, 6.45) is 4.52. The Kier molecular flexibility index (Phi) is 6.55. The highest BCUT2D eigenvalue weighted by atomic mass is 32.1. The molecule has 0 aliphatic rings. The van der Waals surface area contributed by atoms with Gasteiger partial charge in [-0.25, -0.2) is 4.98 Å². The molecule has 0 radical (unpaired) electrons. The number of ether oxygens (including phenoxy) is 1. The molecule has 1 heterocycles. The highest BCUT2D eigenvalue weighted by molar-refractivity contribution is 7.80. The van der Waals surface area contributed by atoms with Crippen LogP contribution >= 0.6 is 12.2 Å². The number of amides is 1. The fourth-order valence-electron chi connectivity index (χ4n) is 2.39. The lowest BCUT2D eigenvalue weighted by atomic mass is 9.78. The summed E-state index contributed by atoms with van der Waals surface area (Å²) >= 11 is 5.17. The zero-order valence-corrected chi connectivity index (χ0v) is 13.6. The van der Waals surface area contributed by atoms with E-state index in [-0.39, 0.29) is 10.9 Å². The monoisotopic (exact) mass is 309 g/mol. The first-order valence-electron chi connectivity index (χ1n) is 7.11. The van der Waals surface area contributed by atoms with E-state index in [2.05, 4.69) is 10.3 Å². The summed E-state index contributed by atoms with van der Waals surface area (Å²) in [6.45, 7) is 4.04. The van der Waals surface area contributed by atoms with Crippen molar-refractivity contribution in [2.75, 3.05) is 12.4 Å². The van der Waals surface area contributed by atoms with Crippen LogP contribution in [0, 0.1) is 5.41 Å². The Bertz CT molecular complexity index is 482.